The molecule has 2 aromatic carbocycles. The number of rotatable bonds is 7. The molecule has 8 heteroatoms. The Morgan fingerprint density at radius 2 is 1.81 bits per heavy atom. The molecule has 1 fully saturated rings. The van der Waals surface area contributed by atoms with Gasteiger partial charge >= 0.3 is 0 Å². The first-order chi connectivity index (χ1) is 15.0. The highest BCUT2D eigenvalue weighted by Crippen LogP contribution is 2.26. The fraction of sp³-hybridized carbons (Fsp3) is 0.348. The van der Waals surface area contributed by atoms with Gasteiger partial charge in [0.15, 0.2) is 0 Å². The van der Waals surface area contributed by atoms with Gasteiger partial charge < -0.3 is 10.1 Å². The molecule has 2 aromatic rings. The van der Waals surface area contributed by atoms with Crippen LogP contribution in [0.4, 0.5) is 4.39 Å². The molecule has 0 aromatic heterocycles. The zero-order chi connectivity index (χ0) is 21.8. The van der Waals surface area contributed by atoms with Gasteiger partial charge in [-0.25, -0.2) is 4.39 Å². The van der Waals surface area contributed by atoms with E-state index in [0.29, 0.717) is 17.7 Å². The first-order valence-corrected chi connectivity index (χ1v) is 10.4. The van der Waals surface area contributed by atoms with Gasteiger partial charge in [0.2, 0.25) is 0 Å². The first-order valence-electron chi connectivity index (χ1n) is 10.4. The van der Waals surface area contributed by atoms with E-state index in [-0.39, 0.29) is 23.6 Å². The number of imide groups is 1. The van der Waals surface area contributed by atoms with Crippen molar-refractivity contribution in [3.8, 4) is 0 Å². The summed E-state index contributed by atoms with van der Waals surface area (Å²) >= 11 is 0. The number of carbonyl (C=O) groups excluding carboxylic acids is 3. The number of nitrogens with one attached hydrogen (secondary N) is 1. The standard InChI is InChI=1S/C23H24FN3O4/c24-18-4-1-3-16(13-18)15-27-22(29)19-6-5-17(14-20(19)23(27)30)21(28)25-7-2-8-26-9-11-31-12-10-26/h1,3-6,13-14H,2,7-12,15H2,(H,25,28). The molecule has 2 heterocycles. The van der Waals surface area contributed by atoms with Gasteiger partial charge in [0.25, 0.3) is 17.7 Å². The van der Waals surface area contributed by atoms with Gasteiger partial charge in [0.05, 0.1) is 30.9 Å². The smallest absolute Gasteiger partial charge is 0.261 e. The summed E-state index contributed by atoms with van der Waals surface area (Å²) in [7, 11) is 0. The maximum Gasteiger partial charge on any atom is 0.261 e. The van der Waals surface area contributed by atoms with Crippen LogP contribution in [0.25, 0.3) is 0 Å². The number of morpholine rings is 1. The van der Waals surface area contributed by atoms with Crippen LogP contribution >= 0.6 is 0 Å². The molecule has 0 spiro atoms. The monoisotopic (exact) mass is 425 g/mol. The molecule has 3 amide bonds. The van der Waals surface area contributed by atoms with Crippen LogP contribution < -0.4 is 5.32 Å². The number of hydrogen-bond donors (Lipinski definition) is 1. The average Bonchev–Trinajstić information content (AvgIpc) is 3.02. The van der Waals surface area contributed by atoms with Crippen molar-refractivity contribution in [2.24, 2.45) is 0 Å². The van der Waals surface area contributed by atoms with E-state index in [2.05, 4.69) is 10.2 Å². The summed E-state index contributed by atoms with van der Waals surface area (Å²) < 4.78 is 18.8. The number of carbonyl (C=O) groups is 3. The lowest BCUT2D eigenvalue weighted by molar-refractivity contribution is 0.0374. The second kappa shape index (κ2) is 9.36. The fourth-order valence-corrected chi connectivity index (χ4v) is 3.82. The summed E-state index contributed by atoms with van der Waals surface area (Å²) in [5.74, 6) is -1.64. The number of ether oxygens (including phenoxy) is 1. The minimum Gasteiger partial charge on any atom is -0.379 e. The molecule has 1 saturated heterocycles. The molecule has 0 saturated carbocycles. The Balaban J connectivity index is 1.36. The summed E-state index contributed by atoms with van der Waals surface area (Å²) in [4.78, 5) is 41.3. The van der Waals surface area contributed by atoms with Crippen LogP contribution in [0.15, 0.2) is 42.5 Å². The van der Waals surface area contributed by atoms with Crippen molar-refractivity contribution in [3.05, 3.63) is 70.5 Å². The lowest BCUT2D eigenvalue weighted by Crippen LogP contribution is -2.38. The number of benzene rings is 2. The second-order valence-electron chi connectivity index (χ2n) is 7.65. The van der Waals surface area contributed by atoms with Gasteiger partial charge in [0.1, 0.15) is 5.82 Å². The zero-order valence-corrected chi connectivity index (χ0v) is 17.1. The summed E-state index contributed by atoms with van der Waals surface area (Å²) in [5, 5.41) is 2.86. The quantitative estimate of drug-likeness (QED) is 0.543. The maximum absolute atomic E-state index is 13.4. The van der Waals surface area contributed by atoms with E-state index in [1.165, 1.54) is 30.3 Å². The highest BCUT2D eigenvalue weighted by Gasteiger charge is 2.36. The third-order valence-electron chi connectivity index (χ3n) is 5.50. The lowest BCUT2D eigenvalue weighted by atomic mass is 10.1. The van der Waals surface area contributed by atoms with Crippen LogP contribution in [0.5, 0.6) is 0 Å². The van der Waals surface area contributed by atoms with Crippen molar-refractivity contribution < 1.29 is 23.5 Å². The van der Waals surface area contributed by atoms with Crippen LogP contribution in [0.1, 0.15) is 43.1 Å². The van der Waals surface area contributed by atoms with Crippen LogP contribution in [0.3, 0.4) is 0 Å². The molecular weight excluding hydrogens is 401 g/mol. The maximum atomic E-state index is 13.4. The van der Waals surface area contributed by atoms with Crippen molar-refractivity contribution in [2.75, 3.05) is 39.4 Å². The Hall–Kier alpha value is -3.10. The van der Waals surface area contributed by atoms with E-state index in [1.54, 1.807) is 12.1 Å². The second-order valence-corrected chi connectivity index (χ2v) is 7.65. The Kier molecular flexibility index (Phi) is 6.39. The van der Waals surface area contributed by atoms with Crippen molar-refractivity contribution in [1.82, 2.24) is 15.1 Å². The van der Waals surface area contributed by atoms with Gasteiger partial charge in [-0.3, -0.25) is 24.2 Å². The van der Waals surface area contributed by atoms with Gasteiger partial charge in [-0.05, 0) is 48.9 Å². The molecule has 2 aliphatic heterocycles. The van der Waals surface area contributed by atoms with Crippen molar-refractivity contribution in [1.29, 1.82) is 0 Å². The van der Waals surface area contributed by atoms with E-state index < -0.39 is 17.6 Å². The first kappa shape index (κ1) is 21.1. The molecule has 0 aliphatic carbocycles. The third kappa shape index (κ3) is 4.81. The fourth-order valence-electron chi connectivity index (χ4n) is 3.82. The van der Waals surface area contributed by atoms with Crippen LogP contribution in [-0.2, 0) is 11.3 Å². The predicted octanol–water partition coefficient (Wildman–Crippen LogP) is 2.07. The number of hydrogen-bond acceptors (Lipinski definition) is 5. The highest BCUT2D eigenvalue weighted by molar-refractivity contribution is 6.22. The van der Waals surface area contributed by atoms with Crippen molar-refractivity contribution in [2.45, 2.75) is 13.0 Å². The Morgan fingerprint density at radius 3 is 2.58 bits per heavy atom. The SMILES string of the molecule is O=C(NCCCN1CCOCC1)c1ccc2c(c1)C(=O)N(Cc1cccc(F)c1)C2=O. The summed E-state index contributed by atoms with van der Waals surface area (Å²) in [6.45, 7) is 4.67. The Bertz CT molecular complexity index is 1000. The van der Waals surface area contributed by atoms with E-state index >= 15 is 0 Å². The van der Waals surface area contributed by atoms with E-state index in [9.17, 15) is 18.8 Å². The lowest BCUT2D eigenvalue weighted by Gasteiger charge is -2.26. The molecule has 7 nitrogen and oxygen atoms in total. The van der Waals surface area contributed by atoms with Crippen molar-refractivity contribution >= 4 is 17.7 Å². The van der Waals surface area contributed by atoms with Gasteiger partial charge in [-0.1, -0.05) is 12.1 Å². The van der Waals surface area contributed by atoms with Crippen LogP contribution in [0.2, 0.25) is 0 Å². The molecular formula is C23H24FN3O4. The summed E-state index contributed by atoms with van der Waals surface area (Å²) in [6, 6.07) is 10.3. The molecule has 2 aliphatic rings. The minimum absolute atomic E-state index is 0.0207. The number of fused-ring (bicyclic) bond motifs is 1. The highest BCUT2D eigenvalue weighted by atomic mass is 19.1. The molecule has 1 N–H and O–H groups in total. The molecule has 31 heavy (non-hydrogen) atoms. The molecule has 0 bridgehead atoms. The summed E-state index contributed by atoms with van der Waals surface area (Å²) in [6.07, 6.45) is 0.815. The molecule has 0 atom stereocenters. The molecule has 0 radical (unpaired) electrons. The van der Waals surface area contributed by atoms with E-state index in [4.69, 9.17) is 4.74 Å². The summed E-state index contributed by atoms with van der Waals surface area (Å²) in [5.41, 5.74) is 1.30. The largest absolute Gasteiger partial charge is 0.379 e. The Morgan fingerprint density at radius 1 is 1.03 bits per heavy atom. The number of halogens is 1. The minimum atomic E-state index is -0.480. The van der Waals surface area contributed by atoms with Crippen LogP contribution in [0, 0.1) is 5.82 Å². The normalized spacial score (nSPS) is 16.5. The number of amides is 3. The van der Waals surface area contributed by atoms with Crippen LogP contribution in [-0.4, -0.2) is 66.9 Å². The number of nitrogens with zero attached hydrogens (tertiary/aromatic N) is 2. The van der Waals surface area contributed by atoms with Gasteiger partial charge in [0, 0.05) is 25.2 Å². The topological polar surface area (TPSA) is 79.0 Å². The molecule has 162 valence electrons. The van der Waals surface area contributed by atoms with Gasteiger partial charge in [-0.15, -0.1) is 0 Å². The van der Waals surface area contributed by atoms with Gasteiger partial charge in [-0.2, -0.15) is 0 Å². The van der Waals surface area contributed by atoms with E-state index in [1.807, 2.05) is 0 Å². The third-order valence-corrected chi connectivity index (χ3v) is 5.50. The zero-order valence-electron chi connectivity index (χ0n) is 17.1. The molecule has 4 rings (SSSR count). The average molecular weight is 425 g/mol. The van der Waals surface area contributed by atoms with E-state index in [0.717, 1.165) is 44.2 Å². The predicted molar refractivity (Wildman–Crippen MR) is 111 cm³/mol. The molecule has 0 unspecified atom stereocenters. The van der Waals surface area contributed by atoms with Crippen molar-refractivity contribution in [3.63, 3.8) is 0 Å². The Labute approximate surface area is 179 Å².